The predicted molar refractivity (Wildman–Crippen MR) is 145 cm³/mol. The number of anilines is 3. The lowest BCUT2D eigenvalue weighted by atomic mass is 10.2. The van der Waals surface area contributed by atoms with Gasteiger partial charge < -0.3 is 15.2 Å². The molecular formula is C24H28BrN9O2S. The van der Waals surface area contributed by atoms with E-state index in [1.807, 2.05) is 15.6 Å². The van der Waals surface area contributed by atoms with Crippen LogP contribution in [0.15, 0.2) is 16.7 Å². The highest BCUT2D eigenvalue weighted by Gasteiger charge is 2.41. The molecule has 0 bridgehead atoms. The first-order valence-electron chi connectivity index (χ1n) is 12.9. The summed E-state index contributed by atoms with van der Waals surface area (Å²) >= 11 is 3.72. The number of nitrogens with one attached hydrogen (secondary N) is 2. The number of fused-ring (bicyclic) bond motifs is 2. The Kier molecular flexibility index (Phi) is 5.43. The molecule has 3 aliphatic rings. The first-order chi connectivity index (χ1) is 17.9. The van der Waals surface area contributed by atoms with Crippen molar-refractivity contribution in [2.24, 2.45) is 11.8 Å². The molecule has 0 atom stereocenters. The number of rotatable bonds is 9. The average molecular weight is 587 g/mol. The van der Waals surface area contributed by atoms with Crippen molar-refractivity contribution in [1.82, 2.24) is 34.9 Å². The maximum absolute atomic E-state index is 12.8. The van der Waals surface area contributed by atoms with Crippen LogP contribution in [0.2, 0.25) is 0 Å². The van der Waals surface area contributed by atoms with Crippen molar-refractivity contribution in [3.8, 4) is 0 Å². The van der Waals surface area contributed by atoms with Gasteiger partial charge in [0.15, 0.2) is 15.5 Å². The van der Waals surface area contributed by atoms with Crippen molar-refractivity contribution in [2.45, 2.75) is 50.8 Å². The molecule has 0 spiro atoms. The molecule has 1 aliphatic heterocycles. The second-order valence-electron chi connectivity index (χ2n) is 10.6. The fourth-order valence-corrected chi connectivity index (χ4v) is 7.76. The van der Waals surface area contributed by atoms with Crippen LogP contribution in [0.4, 0.5) is 17.5 Å². The molecule has 1 saturated heterocycles. The van der Waals surface area contributed by atoms with E-state index in [9.17, 15) is 8.42 Å². The van der Waals surface area contributed by atoms with Crippen LogP contribution in [0.5, 0.6) is 0 Å². The van der Waals surface area contributed by atoms with Gasteiger partial charge in [0, 0.05) is 25.3 Å². The first kappa shape index (κ1) is 23.3. The van der Waals surface area contributed by atoms with E-state index in [0.717, 1.165) is 52.8 Å². The van der Waals surface area contributed by atoms with E-state index in [4.69, 9.17) is 9.97 Å². The summed E-state index contributed by atoms with van der Waals surface area (Å²) in [5.74, 6) is 2.48. The van der Waals surface area contributed by atoms with Gasteiger partial charge in [-0.3, -0.25) is 0 Å². The summed E-state index contributed by atoms with van der Waals surface area (Å²) in [6, 6.07) is 1.90. The Hall–Kier alpha value is -2.80. The van der Waals surface area contributed by atoms with E-state index in [0.29, 0.717) is 53.5 Å². The van der Waals surface area contributed by atoms with E-state index >= 15 is 0 Å². The maximum atomic E-state index is 12.8. The van der Waals surface area contributed by atoms with Crippen LogP contribution >= 0.6 is 15.9 Å². The molecule has 2 aliphatic carbocycles. The highest BCUT2D eigenvalue weighted by molar-refractivity contribution is 9.10. The Morgan fingerprint density at radius 3 is 2.68 bits per heavy atom. The standard InChI is InChI=1S/C24H28BrN9O2S/c1-2-17-20(25)19-21(28-17)29-24(30-23(19)33-10-16(11-33)37(35,36)12-14-5-6-14)27-15-7-18-22(26-8-15)34(32-31-18)9-13-3-4-13/h7-8,13-14,16H,2-6,9-12H2,1H3,(H2,27,28,29,30). The number of pyridine rings is 1. The van der Waals surface area contributed by atoms with Gasteiger partial charge in [0.1, 0.15) is 17.0 Å². The van der Waals surface area contributed by atoms with Gasteiger partial charge >= 0.3 is 0 Å². The van der Waals surface area contributed by atoms with Crippen molar-refractivity contribution in [3.05, 3.63) is 22.4 Å². The van der Waals surface area contributed by atoms with Gasteiger partial charge in [0.25, 0.3) is 0 Å². The maximum Gasteiger partial charge on any atom is 0.231 e. The van der Waals surface area contributed by atoms with Gasteiger partial charge in [-0.05, 0) is 65.9 Å². The van der Waals surface area contributed by atoms with E-state index in [2.05, 4.69) is 48.5 Å². The lowest BCUT2D eigenvalue weighted by Crippen LogP contribution is -2.56. The number of halogens is 1. The van der Waals surface area contributed by atoms with Gasteiger partial charge in [-0.1, -0.05) is 12.1 Å². The Bertz CT molecular complexity index is 1620. The molecule has 5 heterocycles. The van der Waals surface area contributed by atoms with E-state index < -0.39 is 9.84 Å². The second-order valence-corrected chi connectivity index (χ2v) is 13.7. The number of sulfone groups is 1. The van der Waals surface area contributed by atoms with Crippen LogP contribution in [-0.4, -0.2) is 67.4 Å². The van der Waals surface area contributed by atoms with Crippen LogP contribution in [0.3, 0.4) is 0 Å². The second kappa shape index (κ2) is 8.62. The third kappa shape index (κ3) is 4.35. The fraction of sp³-hybridized carbons (Fsp3) is 0.542. The monoisotopic (exact) mass is 585 g/mol. The topological polar surface area (TPSA) is 135 Å². The van der Waals surface area contributed by atoms with Gasteiger partial charge in [-0.2, -0.15) is 9.97 Å². The summed E-state index contributed by atoms with van der Waals surface area (Å²) in [5, 5.41) is 12.4. The molecule has 0 radical (unpaired) electrons. The quantitative estimate of drug-likeness (QED) is 0.302. The highest BCUT2D eigenvalue weighted by Crippen LogP contribution is 2.39. The zero-order valence-corrected chi connectivity index (χ0v) is 22.9. The molecule has 13 heteroatoms. The number of hydrogen-bond acceptors (Lipinski definition) is 9. The summed E-state index contributed by atoms with van der Waals surface area (Å²) in [7, 11) is -3.09. The smallest absolute Gasteiger partial charge is 0.231 e. The number of aromatic nitrogens is 7. The molecule has 2 N–H and O–H groups in total. The number of hydrogen-bond donors (Lipinski definition) is 2. The zero-order chi connectivity index (χ0) is 25.3. The number of nitrogens with zero attached hydrogens (tertiary/aromatic N) is 7. The molecule has 4 aromatic heterocycles. The average Bonchev–Trinajstić information content (AvgIpc) is 3.75. The van der Waals surface area contributed by atoms with Crippen LogP contribution in [-0.2, 0) is 22.8 Å². The Morgan fingerprint density at radius 1 is 1.16 bits per heavy atom. The van der Waals surface area contributed by atoms with Crippen molar-refractivity contribution in [2.75, 3.05) is 29.1 Å². The van der Waals surface area contributed by atoms with Crippen molar-refractivity contribution in [3.63, 3.8) is 0 Å². The van der Waals surface area contributed by atoms with E-state index in [1.165, 1.54) is 12.8 Å². The molecule has 0 amide bonds. The van der Waals surface area contributed by atoms with Gasteiger partial charge in [0.2, 0.25) is 5.95 Å². The van der Waals surface area contributed by atoms with Crippen molar-refractivity contribution < 1.29 is 8.42 Å². The Labute approximate surface area is 222 Å². The summed E-state index contributed by atoms with van der Waals surface area (Å²) in [6.07, 6.45) is 7.09. The molecule has 0 aromatic carbocycles. The molecular weight excluding hydrogens is 558 g/mol. The molecule has 2 saturated carbocycles. The molecule has 0 unspecified atom stereocenters. The van der Waals surface area contributed by atoms with Crippen LogP contribution in [0.25, 0.3) is 22.2 Å². The number of aryl methyl sites for hydroxylation is 1. The summed E-state index contributed by atoms with van der Waals surface area (Å²) in [6.45, 7) is 3.81. The van der Waals surface area contributed by atoms with Gasteiger partial charge in [-0.15, -0.1) is 5.10 Å². The molecule has 3 fully saturated rings. The van der Waals surface area contributed by atoms with Crippen molar-refractivity contribution in [1.29, 1.82) is 0 Å². The van der Waals surface area contributed by atoms with Gasteiger partial charge in [0.05, 0.1) is 32.7 Å². The number of H-pyrrole nitrogens is 1. The summed E-state index contributed by atoms with van der Waals surface area (Å²) in [5.41, 5.74) is 3.93. The zero-order valence-electron chi connectivity index (χ0n) is 20.5. The third-order valence-electron chi connectivity index (χ3n) is 7.55. The minimum absolute atomic E-state index is 0.312. The normalized spacial score (nSPS) is 18.6. The van der Waals surface area contributed by atoms with Crippen LogP contribution < -0.4 is 10.2 Å². The fourth-order valence-electron chi connectivity index (χ4n) is 4.93. The minimum Gasteiger partial charge on any atom is -0.353 e. The van der Waals surface area contributed by atoms with E-state index in [-0.39, 0.29) is 5.25 Å². The molecule has 7 rings (SSSR count). The lowest BCUT2D eigenvalue weighted by Gasteiger charge is -2.40. The molecule has 37 heavy (non-hydrogen) atoms. The number of aromatic amines is 1. The largest absolute Gasteiger partial charge is 0.353 e. The molecule has 4 aromatic rings. The van der Waals surface area contributed by atoms with Gasteiger partial charge in [-0.25, -0.2) is 18.1 Å². The van der Waals surface area contributed by atoms with Crippen LogP contribution in [0.1, 0.15) is 38.3 Å². The van der Waals surface area contributed by atoms with Crippen LogP contribution in [0, 0.1) is 11.8 Å². The third-order valence-corrected chi connectivity index (χ3v) is 10.7. The Balaban J connectivity index is 1.18. The molecule has 11 nitrogen and oxygen atoms in total. The predicted octanol–water partition coefficient (Wildman–Crippen LogP) is 3.59. The minimum atomic E-state index is -3.09. The first-order valence-corrected chi connectivity index (χ1v) is 15.4. The molecule has 194 valence electrons. The SMILES string of the molecule is CCc1[nH]c2nc(Nc3cnc4c(c3)nnn4CC3CC3)nc(N3CC(S(=O)(=O)CC4CC4)C3)c2c1Br. The summed E-state index contributed by atoms with van der Waals surface area (Å²) < 4.78 is 28.4. The van der Waals surface area contributed by atoms with E-state index in [1.54, 1.807) is 6.20 Å². The highest BCUT2D eigenvalue weighted by atomic mass is 79.9. The summed E-state index contributed by atoms with van der Waals surface area (Å²) in [4.78, 5) is 19.6. The van der Waals surface area contributed by atoms with Crippen molar-refractivity contribution >= 4 is 65.4 Å². The Morgan fingerprint density at radius 2 is 1.95 bits per heavy atom. The lowest BCUT2D eigenvalue weighted by molar-refractivity contribution is 0.537.